The predicted octanol–water partition coefficient (Wildman–Crippen LogP) is 8.94. The first-order chi connectivity index (χ1) is 30.4. The molecule has 1 amide bonds. The SMILES string of the molecule is O=C(NS(=O)(=O)c1ccc(NCC2CCOCC2)c([N+](=O)[O-])c1)c1c(F)cc(N2CCN(CC3=C(c4ccc(Cl)cc4)CC4(CCC4)CC3)CC2)cc1Oc1cnc2[nH]ccc2c1. The number of anilines is 2. The number of piperazine rings is 1. The number of benzene rings is 3. The van der Waals surface area contributed by atoms with E-state index in [4.69, 9.17) is 21.1 Å². The highest BCUT2D eigenvalue weighted by Crippen LogP contribution is 2.55. The topological polar surface area (TPSA) is 172 Å². The van der Waals surface area contributed by atoms with Crippen LogP contribution < -0.4 is 19.7 Å². The fourth-order valence-electron chi connectivity index (χ4n) is 9.39. The third kappa shape index (κ3) is 9.40. The molecule has 2 aromatic heterocycles. The Morgan fingerprint density at radius 2 is 1.81 bits per heavy atom. The number of aromatic nitrogens is 2. The number of fused-ring (bicyclic) bond motifs is 1. The zero-order valence-electron chi connectivity index (χ0n) is 34.7. The van der Waals surface area contributed by atoms with E-state index < -0.39 is 42.8 Å². The van der Waals surface area contributed by atoms with Crippen LogP contribution in [0.25, 0.3) is 16.6 Å². The first-order valence-electron chi connectivity index (χ1n) is 21.5. The number of allylic oxidation sites excluding steroid dienone is 1. The van der Waals surface area contributed by atoms with Crippen molar-refractivity contribution >= 4 is 61.2 Å². The smallest absolute Gasteiger partial charge is 0.293 e. The summed E-state index contributed by atoms with van der Waals surface area (Å²) in [6.07, 6.45) is 11.9. The number of sulfonamides is 1. The number of carbonyl (C=O) groups is 1. The van der Waals surface area contributed by atoms with E-state index in [1.54, 1.807) is 18.3 Å². The molecule has 4 heterocycles. The van der Waals surface area contributed by atoms with Crippen LogP contribution in [0.3, 0.4) is 0 Å². The highest BCUT2D eigenvalue weighted by Gasteiger charge is 2.41. The standard InChI is InChI=1S/C46H49ClFN7O7S/c47-34-4-2-31(3-5-34)38-26-46(12-1-13-46)14-8-33(38)29-53-16-18-54(19-17-53)35-23-39(48)43(42(24-35)62-36-22-32-9-15-49-44(32)51-28-36)45(56)52-63(59,60)37-6-7-40(41(25-37)55(57)58)50-27-30-10-20-61-21-11-30/h2-7,9,15,22-25,28,30,50H,1,8,10-14,16-21,26-27,29H2,(H,49,51)(H,52,56). The third-order valence-electron chi connectivity index (χ3n) is 13.2. The molecule has 0 bridgehead atoms. The molecular formula is C46H49ClFN7O7S. The van der Waals surface area contributed by atoms with Gasteiger partial charge in [-0.1, -0.05) is 35.7 Å². The van der Waals surface area contributed by atoms with Crippen molar-refractivity contribution in [2.75, 3.05) is 62.7 Å². The average molecular weight is 898 g/mol. The molecule has 2 saturated heterocycles. The molecule has 0 atom stereocenters. The number of aromatic amines is 1. The summed E-state index contributed by atoms with van der Waals surface area (Å²) in [6.45, 7) is 5.05. The second-order valence-electron chi connectivity index (χ2n) is 17.2. The average Bonchev–Trinajstić information content (AvgIpc) is 3.74. The Balaban J connectivity index is 0.945. The zero-order valence-corrected chi connectivity index (χ0v) is 36.3. The molecule has 14 nitrogen and oxygen atoms in total. The third-order valence-corrected chi connectivity index (χ3v) is 14.8. The van der Waals surface area contributed by atoms with E-state index >= 15 is 4.39 Å². The second kappa shape index (κ2) is 17.9. The van der Waals surface area contributed by atoms with Crippen molar-refractivity contribution in [3.63, 3.8) is 0 Å². The van der Waals surface area contributed by atoms with Crippen LogP contribution in [0.5, 0.6) is 11.5 Å². The van der Waals surface area contributed by atoms with Gasteiger partial charge in [-0.25, -0.2) is 22.5 Å². The molecular weight excluding hydrogens is 849 g/mol. The molecule has 1 saturated carbocycles. The summed E-state index contributed by atoms with van der Waals surface area (Å²) < 4.78 is 57.3. The van der Waals surface area contributed by atoms with Crippen molar-refractivity contribution in [1.82, 2.24) is 19.6 Å². The number of nitro benzene ring substituents is 1. The number of carbonyl (C=O) groups excluding carboxylic acids is 1. The molecule has 63 heavy (non-hydrogen) atoms. The molecule has 0 unspecified atom stereocenters. The van der Waals surface area contributed by atoms with Gasteiger partial charge in [0.15, 0.2) is 0 Å². The molecule has 4 aliphatic rings. The van der Waals surface area contributed by atoms with E-state index in [0.717, 1.165) is 49.4 Å². The maximum atomic E-state index is 16.5. The van der Waals surface area contributed by atoms with Crippen LogP contribution in [0.2, 0.25) is 5.02 Å². The van der Waals surface area contributed by atoms with Crippen LogP contribution >= 0.6 is 11.6 Å². The fourth-order valence-corrected chi connectivity index (χ4v) is 10.5. The largest absolute Gasteiger partial charge is 0.455 e. The van der Waals surface area contributed by atoms with Crippen molar-refractivity contribution in [1.29, 1.82) is 0 Å². The van der Waals surface area contributed by atoms with Gasteiger partial charge in [0.05, 0.1) is 16.0 Å². The van der Waals surface area contributed by atoms with E-state index in [1.165, 1.54) is 66.8 Å². The summed E-state index contributed by atoms with van der Waals surface area (Å²) in [5, 5.41) is 16.6. The van der Waals surface area contributed by atoms with E-state index in [-0.39, 0.29) is 23.1 Å². The molecule has 330 valence electrons. The molecule has 0 radical (unpaired) electrons. The molecule has 5 aromatic rings. The minimum Gasteiger partial charge on any atom is -0.455 e. The molecule has 1 spiro atoms. The van der Waals surface area contributed by atoms with Crippen LogP contribution in [-0.4, -0.2) is 86.6 Å². The first kappa shape index (κ1) is 42.7. The van der Waals surface area contributed by atoms with Crippen molar-refractivity contribution < 1.29 is 32.0 Å². The maximum absolute atomic E-state index is 16.5. The van der Waals surface area contributed by atoms with Crippen LogP contribution in [0.15, 0.2) is 89.6 Å². The number of ether oxygens (including phenoxy) is 2. The Bertz CT molecular complexity index is 2670. The molecule has 2 aliphatic heterocycles. The van der Waals surface area contributed by atoms with Gasteiger partial charge in [-0.2, -0.15) is 0 Å². The lowest BCUT2D eigenvalue weighted by molar-refractivity contribution is -0.384. The van der Waals surface area contributed by atoms with E-state index in [1.807, 2.05) is 21.8 Å². The number of rotatable bonds is 13. The number of hydrogen-bond donors (Lipinski definition) is 3. The van der Waals surface area contributed by atoms with E-state index in [2.05, 4.69) is 32.3 Å². The summed E-state index contributed by atoms with van der Waals surface area (Å²) in [5.74, 6) is -2.10. The molecule has 2 aliphatic carbocycles. The van der Waals surface area contributed by atoms with Gasteiger partial charge in [-0.15, -0.1) is 0 Å². The Kier molecular flexibility index (Phi) is 12.1. The quantitative estimate of drug-likeness (QED) is 0.0761. The monoisotopic (exact) mass is 897 g/mol. The lowest BCUT2D eigenvalue weighted by Crippen LogP contribution is -2.47. The summed E-state index contributed by atoms with van der Waals surface area (Å²) in [5.41, 5.74) is 4.59. The van der Waals surface area contributed by atoms with Gasteiger partial charge in [0, 0.05) is 86.9 Å². The lowest BCUT2D eigenvalue weighted by Gasteiger charge is -2.47. The number of nitrogens with zero attached hydrogens (tertiary/aromatic N) is 4. The number of nitro groups is 1. The van der Waals surface area contributed by atoms with Gasteiger partial charge in [-0.3, -0.25) is 19.8 Å². The summed E-state index contributed by atoms with van der Waals surface area (Å²) in [7, 11) is -4.73. The van der Waals surface area contributed by atoms with Crippen LogP contribution in [0.1, 0.15) is 67.3 Å². The Morgan fingerprint density at radius 3 is 2.54 bits per heavy atom. The van der Waals surface area contributed by atoms with Crippen molar-refractivity contribution in [3.05, 3.63) is 117 Å². The number of halogens is 2. The molecule has 9 rings (SSSR count). The first-order valence-corrected chi connectivity index (χ1v) is 23.3. The molecule has 3 N–H and O–H groups in total. The minimum atomic E-state index is -4.73. The highest BCUT2D eigenvalue weighted by molar-refractivity contribution is 7.90. The van der Waals surface area contributed by atoms with Crippen molar-refractivity contribution in [3.8, 4) is 11.5 Å². The van der Waals surface area contributed by atoms with E-state index in [9.17, 15) is 23.3 Å². The number of nitrogens with one attached hydrogen (secondary N) is 3. The Morgan fingerprint density at radius 1 is 1.03 bits per heavy atom. The second-order valence-corrected chi connectivity index (χ2v) is 19.3. The van der Waals surface area contributed by atoms with Crippen molar-refractivity contribution in [2.45, 2.75) is 56.3 Å². The van der Waals surface area contributed by atoms with Gasteiger partial charge in [0.1, 0.15) is 34.2 Å². The minimum absolute atomic E-state index is 0.138. The van der Waals surface area contributed by atoms with Crippen LogP contribution in [0.4, 0.5) is 21.5 Å². The molecule has 17 heteroatoms. The predicted molar refractivity (Wildman–Crippen MR) is 240 cm³/mol. The summed E-state index contributed by atoms with van der Waals surface area (Å²) in [6, 6.07) is 17.7. The number of H-pyrrole nitrogens is 1. The zero-order chi connectivity index (χ0) is 43.7. The highest BCUT2D eigenvalue weighted by atomic mass is 35.5. The van der Waals surface area contributed by atoms with E-state index in [0.29, 0.717) is 68.1 Å². The van der Waals surface area contributed by atoms with Gasteiger partial charge < -0.3 is 24.7 Å². The van der Waals surface area contributed by atoms with Gasteiger partial charge in [0.25, 0.3) is 21.6 Å². The van der Waals surface area contributed by atoms with Crippen LogP contribution in [-0.2, 0) is 14.8 Å². The lowest BCUT2D eigenvalue weighted by atomic mass is 9.59. The van der Waals surface area contributed by atoms with Crippen molar-refractivity contribution in [2.24, 2.45) is 11.3 Å². The molecule has 3 aromatic carbocycles. The number of pyridine rings is 1. The normalized spacial score (nSPS) is 18.3. The maximum Gasteiger partial charge on any atom is 0.293 e. The number of hydrogen-bond acceptors (Lipinski definition) is 11. The Hall–Kier alpha value is -5.55. The number of amides is 1. The summed E-state index contributed by atoms with van der Waals surface area (Å²) in [4.78, 5) is 36.6. The molecule has 3 fully saturated rings. The summed E-state index contributed by atoms with van der Waals surface area (Å²) >= 11 is 6.26. The Labute approximate surface area is 370 Å². The van der Waals surface area contributed by atoms with Gasteiger partial charge in [0.2, 0.25) is 0 Å². The van der Waals surface area contributed by atoms with Gasteiger partial charge in [-0.05, 0) is 110 Å². The fraction of sp³-hybridized carbons (Fsp3) is 0.391. The van der Waals surface area contributed by atoms with Crippen LogP contribution in [0, 0.1) is 27.3 Å². The van der Waals surface area contributed by atoms with Gasteiger partial charge >= 0.3 is 0 Å².